The summed E-state index contributed by atoms with van der Waals surface area (Å²) in [5, 5.41) is 20.5. The number of aliphatic hydroxyl groups is 1. The summed E-state index contributed by atoms with van der Waals surface area (Å²) in [4.78, 5) is 28.7. The van der Waals surface area contributed by atoms with E-state index < -0.39 is 17.7 Å². The Balaban J connectivity index is 1.44. The first-order valence-electron chi connectivity index (χ1n) is 14.1. The number of ether oxygens (including phenoxy) is 4. The van der Waals surface area contributed by atoms with Crippen LogP contribution in [0.2, 0.25) is 0 Å². The van der Waals surface area contributed by atoms with Crippen molar-refractivity contribution in [3.05, 3.63) is 89.0 Å². The van der Waals surface area contributed by atoms with Crippen molar-refractivity contribution in [3.8, 4) is 23.0 Å². The van der Waals surface area contributed by atoms with Gasteiger partial charge < -0.3 is 24.1 Å². The molecule has 0 spiro atoms. The first-order chi connectivity index (χ1) is 21.5. The van der Waals surface area contributed by atoms with Gasteiger partial charge in [-0.15, -0.1) is 10.2 Å². The van der Waals surface area contributed by atoms with E-state index in [1.807, 2.05) is 44.2 Å². The number of carbonyl (C=O) groups excluding carboxylic acids is 2. The fourth-order valence-electron chi connectivity index (χ4n) is 5.01. The number of hydrogen-bond donors (Lipinski definition) is 1. The van der Waals surface area contributed by atoms with Crippen molar-refractivity contribution in [1.82, 2.24) is 10.2 Å². The number of hydrogen-bond acceptors (Lipinski definition) is 11. The number of thioether (sulfide) groups is 1. The summed E-state index contributed by atoms with van der Waals surface area (Å²) in [7, 11) is 0. The number of ketones is 1. The smallest absolute Gasteiger partial charge is 0.301 e. The van der Waals surface area contributed by atoms with Gasteiger partial charge in [0, 0.05) is 11.3 Å². The van der Waals surface area contributed by atoms with Crippen molar-refractivity contribution in [2.75, 3.05) is 31.3 Å². The summed E-state index contributed by atoms with van der Waals surface area (Å²) in [6, 6.07) is 19.0. The maximum absolute atomic E-state index is 13.7. The lowest BCUT2D eigenvalue weighted by molar-refractivity contribution is -0.132. The van der Waals surface area contributed by atoms with Crippen molar-refractivity contribution in [3.63, 3.8) is 0 Å². The predicted molar refractivity (Wildman–Crippen MR) is 167 cm³/mol. The zero-order chi connectivity index (χ0) is 30.6. The number of benzene rings is 3. The Bertz CT molecular complexity index is 1720. The van der Waals surface area contributed by atoms with Crippen molar-refractivity contribution in [2.24, 2.45) is 0 Å². The van der Waals surface area contributed by atoms with Crippen LogP contribution in [0.4, 0.5) is 5.13 Å². The Morgan fingerprint density at radius 3 is 2.48 bits per heavy atom. The van der Waals surface area contributed by atoms with Gasteiger partial charge in [-0.25, -0.2) is 0 Å². The molecule has 1 atom stereocenters. The van der Waals surface area contributed by atoms with E-state index in [1.54, 1.807) is 36.4 Å². The molecule has 0 bridgehead atoms. The third-order valence-electron chi connectivity index (χ3n) is 6.95. The summed E-state index contributed by atoms with van der Waals surface area (Å²) >= 11 is 2.69. The molecule has 10 nitrogen and oxygen atoms in total. The van der Waals surface area contributed by atoms with Crippen LogP contribution in [0.5, 0.6) is 23.0 Å². The molecule has 1 aromatic heterocycles. The highest BCUT2D eigenvalue weighted by molar-refractivity contribution is 8.00. The largest absolute Gasteiger partial charge is 0.507 e. The molecule has 3 heterocycles. The van der Waals surface area contributed by atoms with Gasteiger partial charge in [-0.05, 0) is 55.3 Å². The van der Waals surface area contributed by atoms with Crippen molar-refractivity contribution in [2.45, 2.75) is 30.0 Å². The highest BCUT2D eigenvalue weighted by Gasteiger charge is 2.48. The number of aromatic nitrogens is 2. The number of aliphatic hydroxyl groups excluding tert-OH is 1. The fraction of sp³-hybridized carbons (Fsp3) is 0.250. The third kappa shape index (κ3) is 5.82. The molecule has 1 N–H and O–H groups in total. The second-order valence-electron chi connectivity index (χ2n) is 9.72. The molecule has 4 aromatic rings. The minimum Gasteiger partial charge on any atom is -0.507 e. The monoisotopic (exact) mass is 631 g/mol. The Morgan fingerprint density at radius 1 is 0.955 bits per heavy atom. The van der Waals surface area contributed by atoms with E-state index in [1.165, 1.54) is 28.0 Å². The summed E-state index contributed by atoms with van der Waals surface area (Å²) in [5.41, 5.74) is 1.87. The van der Waals surface area contributed by atoms with Crippen LogP contribution in [0, 0.1) is 0 Å². The van der Waals surface area contributed by atoms with Crippen LogP contribution < -0.4 is 23.8 Å². The van der Waals surface area contributed by atoms with Gasteiger partial charge in [-0.3, -0.25) is 14.5 Å². The number of fused-ring (bicyclic) bond motifs is 1. The molecule has 226 valence electrons. The average Bonchev–Trinajstić information content (AvgIpc) is 3.62. The molecular weight excluding hydrogens is 603 g/mol. The maximum atomic E-state index is 13.7. The molecule has 0 saturated carbocycles. The van der Waals surface area contributed by atoms with Gasteiger partial charge in [0.05, 0.1) is 24.8 Å². The predicted octanol–water partition coefficient (Wildman–Crippen LogP) is 6.03. The van der Waals surface area contributed by atoms with Crippen LogP contribution in [0.25, 0.3) is 5.76 Å². The van der Waals surface area contributed by atoms with Gasteiger partial charge in [0.15, 0.2) is 27.3 Å². The quantitative estimate of drug-likeness (QED) is 0.0731. The SMILES string of the molecule is CCOc1ccc([C@H]2/C(=C(\O)c3ccc4c(c3)OCCO4)C(=O)C(=O)N2c2nnc(SCc3ccccc3)s2)cc1OCC. The highest BCUT2D eigenvalue weighted by atomic mass is 32.2. The molecule has 0 radical (unpaired) electrons. The normalized spacial score (nSPS) is 17.1. The first kappa shape index (κ1) is 29.5. The molecule has 44 heavy (non-hydrogen) atoms. The van der Waals surface area contributed by atoms with Crippen molar-refractivity contribution >= 4 is 45.7 Å². The molecule has 2 aliphatic rings. The van der Waals surface area contributed by atoms with Crippen LogP contribution in [0.1, 0.15) is 36.6 Å². The van der Waals surface area contributed by atoms with E-state index in [-0.39, 0.29) is 16.5 Å². The highest BCUT2D eigenvalue weighted by Crippen LogP contribution is 2.46. The molecule has 1 saturated heterocycles. The van der Waals surface area contributed by atoms with Gasteiger partial charge in [0.1, 0.15) is 19.0 Å². The molecule has 6 rings (SSSR count). The lowest BCUT2D eigenvalue weighted by Gasteiger charge is -2.24. The molecule has 3 aromatic carbocycles. The number of anilines is 1. The van der Waals surface area contributed by atoms with Crippen LogP contribution >= 0.6 is 23.1 Å². The van der Waals surface area contributed by atoms with Crippen LogP contribution in [0.15, 0.2) is 76.6 Å². The molecule has 0 unspecified atom stereocenters. The second-order valence-corrected chi connectivity index (χ2v) is 11.9. The number of nitrogens with zero attached hydrogens (tertiary/aromatic N) is 3. The van der Waals surface area contributed by atoms with E-state index >= 15 is 0 Å². The summed E-state index contributed by atoms with van der Waals surface area (Å²) in [6.07, 6.45) is 0. The molecule has 1 fully saturated rings. The average molecular weight is 632 g/mol. The van der Waals surface area contributed by atoms with Crippen molar-refractivity contribution < 1.29 is 33.6 Å². The third-order valence-corrected chi connectivity index (χ3v) is 9.08. The lowest BCUT2D eigenvalue weighted by atomic mass is 9.95. The van der Waals surface area contributed by atoms with Gasteiger partial charge in [-0.2, -0.15) is 0 Å². The minimum absolute atomic E-state index is 0.0908. The summed E-state index contributed by atoms with van der Waals surface area (Å²) in [5.74, 6) is 0.605. The van der Waals surface area contributed by atoms with Crippen LogP contribution in [0.3, 0.4) is 0 Å². The van der Waals surface area contributed by atoms with Crippen LogP contribution in [-0.2, 0) is 15.3 Å². The second kappa shape index (κ2) is 13.0. The van der Waals surface area contributed by atoms with Crippen LogP contribution in [-0.4, -0.2) is 53.4 Å². The summed E-state index contributed by atoms with van der Waals surface area (Å²) < 4.78 is 23.5. The van der Waals surface area contributed by atoms with E-state index in [0.29, 0.717) is 70.6 Å². The molecular formula is C32H29N3O7S2. The van der Waals surface area contributed by atoms with Gasteiger partial charge in [0.25, 0.3) is 5.78 Å². The summed E-state index contributed by atoms with van der Waals surface area (Å²) in [6.45, 7) is 5.29. The number of Topliss-reactive ketones (excluding diaryl/α,β-unsaturated/α-hetero) is 1. The van der Waals surface area contributed by atoms with Gasteiger partial charge in [-0.1, -0.05) is 59.5 Å². The van der Waals surface area contributed by atoms with E-state index in [9.17, 15) is 14.7 Å². The molecule has 1 amide bonds. The van der Waals surface area contributed by atoms with E-state index in [0.717, 1.165) is 5.56 Å². The van der Waals surface area contributed by atoms with Gasteiger partial charge in [0.2, 0.25) is 5.13 Å². The number of amides is 1. The Labute approximate surface area is 262 Å². The minimum atomic E-state index is -1.02. The zero-order valence-corrected chi connectivity index (χ0v) is 25.7. The Morgan fingerprint density at radius 2 is 1.70 bits per heavy atom. The Hall–Kier alpha value is -4.55. The molecule has 0 aliphatic carbocycles. The van der Waals surface area contributed by atoms with E-state index in [4.69, 9.17) is 18.9 Å². The number of carbonyl (C=O) groups is 2. The van der Waals surface area contributed by atoms with Gasteiger partial charge >= 0.3 is 5.91 Å². The van der Waals surface area contributed by atoms with E-state index in [2.05, 4.69) is 10.2 Å². The molecule has 12 heteroatoms. The zero-order valence-electron chi connectivity index (χ0n) is 24.0. The Kier molecular flexibility index (Phi) is 8.71. The topological polar surface area (TPSA) is 120 Å². The fourth-order valence-corrected chi connectivity index (χ4v) is 6.83. The lowest BCUT2D eigenvalue weighted by Crippen LogP contribution is -2.29. The first-order valence-corrected chi connectivity index (χ1v) is 15.9. The number of rotatable bonds is 10. The standard InChI is InChI=1S/C32H29N3O7S2/c1-3-39-22-12-10-20(16-24(22)40-4-2)27-26(28(36)21-11-13-23-25(17-21)42-15-14-41-23)29(37)30(38)35(27)31-33-34-32(44-31)43-18-19-8-6-5-7-9-19/h5-13,16-17,27,36H,3-4,14-15,18H2,1-2H3/b28-26+/t27-/m0/s1. The maximum Gasteiger partial charge on any atom is 0.301 e. The van der Waals surface area contributed by atoms with Crippen molar-refractivity contribution in [1.29, 1.82) is 0 Å². The molecule has 2 aliphatic heterocycles.